The molecular formula is C17H18O6. The molecule has 3 aliphatic rings. The fourth-order valence-corrected chi connectivity index (χ4v) is 4.37. The SMILES string of the molecule is CC1=CC(=O)C2(O)CC(C)(O)C1C21Oc2cc(C)cc(O)c2O1. The van der Waals surface area contributed by atoms with E-state index in [4.69, 9.17) is 9.47 Å². The molecule has 0 aromatic heterocycles. The van der Waals surface area contributed by atoms with Gasteiger partial charge in [-0.1, -0.05) is 5.57 Å². The quantitative estimate of drug-likeness (QED) is 0.665. The summed E-state index contributed by atoms with van der Waals surface area (Å²) in [6, 6.07) is 3.18. The average Bonchev–Trinajstić information content (AvgIpc) is 2.81. The zero-order valence-electron chi connectivity index (χ0n) is 13.1. The lowest BCUT2D eigenvalue weighted by atomic mass is 9.77. The highest BCUT2D eigenvalue weighted by Gasteiger charge is 2.78. The summed E-state index contributed by atoms with van der Waals surface area (Å²) in [5.74, 6) is -2.85. The van der Waals surface area contributed by atoms with Crippen LogP contribution in [0.2, 0.25) is 0 Å². The smallest absolute Gasteiger partial charge is 0.297 e. The lowest BCUT2D eigenvalue weighted by Gasteiger charge is -2.42. The zero-order chi connectivity index (χ0) is 16.8. The van der Waals surface area contributed by atoms with Gasteiger partial charge in [0, 0.05) is 6.42 Å². The molecule has 0 amide bonds. The number of ketones is 1. The Hall–Kier alpha value is -2.05. The van der Waals surface area contributed by atoms with E-state index in [1.165, 1.54) is 12.1 Å². The summed E-state index contributed by atoms with van der Waals surface area (Å²) in [5.41, 5.74) is -2.07. The minimum absolute atomic E-state index is 0.0826. The molecule has 1 aliphatic heterocycles. The molecule has 122 valence electrons. The van der Waals surface area contributed by atoms with Crippen molar-refractivity contribution in [1.29, 1.82) is 0 Å². The molecule has 2 bridgehead atoms. The molecule has 0 radical (unpaired) electrons. The molecule has 2 aliphatic carbocycles. The van der Waals surface area contributed by atoms with Crippen LogP contribution in [-0.4, -0.2) is 38.1 Å². The molecular weight excluding hydrogens is 300 g/mol. The fraction of sp³-hybridized carbons (Fsp3) is 0.471. The number of phenolic OH excluding ortho intramolecular Hbond substituents is 1. The van der Waals surface area contributed by atoms with Crippen LogP contribution in [0.1, 0.15) is 25.8 Å². The van der Waals surface area contributed by atoms with Crippen molar-refractivity contribution >= 4 is 5.78 Å². The third kappa shape index (κ3) is 1.52. The van der Waals surface area contributed by atoms with Crippen LogP contribution in [0.4, 0.5) is 0 Å². The molecule has 1 heterocycles. The maximum absolute atomic E-state index is 12.5. The van der Waals surface area contributed by atoms with Crippen molar-refractivity contribution in [3.63, 3.8) is 0 Å². The number of aromatic hydroxyl groups is 1. The highest BCUT2D eigenvalue weighted by Crippen LogP contribution is 2.62. The Labute approximate surface area is 133 Å². The van der Waals surface area contributed by atoms with Crippen molar-refractivity contribution in [2.24, 2.45) is 5.92 Å². The number of fused-ring (bicyclic) bond motifs is 1. The third-order valence-electron chi connectivity index (χ3n) is 5.11. The second-order valence-electron chi connectivity index (χ2n) is 7.06. The topological polar surface area (TPSA) is 96.2 Å². The number of rotatable bonds is 0. The summed E-state index contributed by atoms with van der Waals surface area (Å²) in [6.07, 6.45) is 1.13. The van der Waals surface area contributed by atoms with E-state index in [2.05, 4.69) is 0 Å². The van der Waals surface area contributed by atoms with Gasteiger partial charge in [0.25, 0.3) is 5.79 Å². The van der Waals surface area contributed by atoms with Crippen LogP contribution in [-0.2, 0) is 4.79 Å². The Kier molecular flexibility index (Phi) is 2.45. The monoisotopic (exact) mass is 318 g/mol. The van der Waals surface area contributed by atoms with E-state index in [0.29, 0.717) is 5.57 Å². The molecule has 1 spiro atoms. The summed E-state index contributed by atoms with van der Waals surface area (Å²) in [4.78, 5) is 12.5. The standard InChI is InChI=1S/C17H18O6/c1-8-4-10(18)13-11(5-8)22-17(23-13)14-9(2)6-12(19)16(17,21)7-15(14,3)20/h4-6,14,18,20-21H,7H2,1-3H3. The first-order valence-electron chi connectivity index (χ1n) is 7.50. The van der Waals surface area contributed by atoms with Gasteiger partial charge in [0.05, 0.1) is 11.5 Å². The van der Waals surface area contributed by atoms with Gasteiger partial charge in [-0.05, 0) is 44.5 Å². The van der Waals surface area contributed by atoms with E-state index in [-0.39, 0.29) is 23.7 Å². The number of hydrogen-bond acceptors (Lipinski definition) is 6. The molecule has 6 heteroatoms. The molecule has 23 heavy (non-hydrogen) atoms. The van der Waals surface area contributed by atoms with Crippen LogP contribution in [0, 0.1) is 12.8 Å². The van der Waals surface area contributed by atoms with Crippen LogP contribution in [0.5, 0.6) is 17.2 Å². The number of aryl methyl sites for hydroxylation is 1. The van der Waals surface area contributed by atoms with Gasteiger partial charge in [-0.3, -0.25) is 4.79 Å². The van der Waals surface area contributed by atoms with Crippen LogP contribution < -0.4 is 9.47 Å². The lowest BCUT2D eigenvalue weighted by Crippen LogP contribution is -2.65. The Morgan fingerprint density at radius 1 is 1.22 bits per heavy atom. The maximum Gasteiger partial charge on any atom is 0.297 e. The molecule has 1 saturated carbocycles. The van der Waals surface area contributed by atoms with Crippen LogP contribution in [0.25, 0.3) is 0 Å². The fourth-order valence-electron chi connectivity index (χ4n) is 4.37. The second kappa shape index (κ2) is 3.88. The zero-order valence-corrected chi connectivity index (χ0v) is 13.1. The van der Waals surface area contributed by atoms with Gasteiger partial charge in [-0.15, -0.1) is 0 Å². The summed E-state index contributed by atoms with van der Waals surface area (Å²) >= 11 is 0. The minimum Gasteiger partial charge on any atom is -0.504 e. The Bertz CT molecular complexity index is 780. The largest absolute Gasteiger partial charge is 0.504 e. The van der Waals surface area contributed by atoms with E-state index in [0.717, 1.165) is 5.56 Å². The number of carbonyl (C=O) groups excluding carboxylic acids is 1. The predicted molar refractivity (Wildman–Crippen MR) is 79.3 cm³/mol. The number of aliphatic hydroxyl groups is 2. The highest BCUT2D eigenvalue weighted by atomic mass is 16.8. The molecule has 1 aromatic carbocycles. The van der Waals surface area contributed by atoms with Crippen LogP contribution in [0.3, 0.4) is 0 Å². The first kappa shape index (κ1) is 14.5. The minimum atomic E-state index is -2.01. The molecule has 6 nitrogen and oxygen atoms in total. The van der Waals surface area contributed by atoms with Gasteiger partial charge < -0.3 is 24.8 Å². The van der Waals surface area contributed by atoms with Gasteiger partial charge in [-0.2, -0.15) is 0 Å². The van der Waals surface area contributed by atoms with Gasteiger partial charge in [0.15, 0.2) is 17.3 Å². The average molecular weight is 318 g/mol. The van der Waals surface area contributed by atoms with E-state index < -0.39 is 28.7 Å². The molecule has 4 unspecified atom stereocenters. The lowest BCUT2D eigenvalue weighted by molar-refractivity contribution is -0.219. The number of carbonyl (C=O) groups is 1. The van der Waals surface area contributed by atoms with E-state index >= 15 is 0 Å². The van der Waals surface area contributed by atoms with Crippen molar-refractivity contribution in [3.8, 4) is 17.2 Å². The van der Waals surface area contributed by atoms with E-state index in [1.807, 2.05) is 0 Å². The normalized spacial score (nSPS) is 40.7. The van der Waals surface area contributed by atoms with Gasteiger partial charge in [0.1, 0.15) is 0 Å². The summed E-state index contributed by atoms with van der Waals surface area (Å²) < 4.78 is 11.8. The highest BCUT2D eigenvalue weighted by molar-refractivity contribution is 6.01. The van der Waals surface area contributed by atoms with Gasteiger partial charge in [0.2, 0.25) is 11.4 Å². The summed E-state index contributed by atoms with van der Waals surface area (Å²) in [7, 11) is 0. The number of hydrogen-bond donors (Lipinski definition) is 3. The summed E-state index contributed by atoms with van der Waals surface area (Å²) in [6.45, 7) is 5.03. The van der Waals surface area contributed by atoms with Gasteiger partial charge in [-0.25, -0.2) is 0 Å². The Morgan fingerprint density at radius 2 is 1.91 bits per heavy atom. The van der Waals surface area contributed by atoms with Crippen molar-refractivity contribution in [2.75, 3.05) is 0 Å². The summed E-state index contributed by atoms with van der Waals surface area (Å²) in [5, 5.41) is 31.9. The molecule has 4 atom stereocenters. The van der Waals surface area contributed by atoms with E-state index in [9.17, 15) is 20.1 Å². The van der Waals surface area contributed by atoms with Crippen molar-refractivity contribution in [2.45, 2.75) is 44.2 Å². The molecule has 4 rings (SSSR count). The molecule has 3 N–H and O–H groups in total. The number of ether oxygens (including phenoxy) is 2. The second-order valence-corrected chi connectivity index (χ2v) is 7.06. The number of benzene rings is 1. The first-order valence-corrected chi connectivity index (χ1v) is 7.50. The van der Waals surface area contributed by atoms with Crippen LogP contribution in [0.15, 0.2) is 23.8 Å². The maximum atomic E-state index is 12.5. The van der Waals surface area contributed by atoms with Crippen LogP contribution >= 0.6 is 0 Å². The Balaban J connectivity index is 1.95. The van der Waals surface area contributed by atoms with Gasteiger partial charge >= 0.3 is 0 Å². The molecule has 1 aromatic rings. The third-order valence-corrected chi connectivity index (χ3v) is 5.11. The van der Waals surface area contributed by atoms with E-state index in [1.54, 1.807) is 26.8 Å². The molecule has 0 saturated heterocycles. The van der Waals surface area contributed by atoms with Crippen molar-refractivity contribution in [3.05, 3.63) is 29.3 Å². The predicted octanol–water partition coefficient (Wildman–Crippen LogP) is 1.20. The Morgan fingerprint density at radius 3 is 2.61 bits per heavy atom. The van der Waals surface area contributed by atoms with Crippen molar-refractivity contribution < 1.29 is 29.6 Å². The molecule has 1 fully saturated rings. The number of phenols is 1. The van der Waals surface area contributed by atoms with Crippen molar-refractivity contribution in [1.82, 2.24) is 0 Å². The first-order chi connectivity index (χ1) is 10.6.